The molecule has 0 radical (unpaired) electrons. The Hall–Kier alpha value is -4.75. The maximum absolute atomic E-state index is 7.01. The molecule has 4 heterocycles. The van der Waals surface area contributed by atoms with Crippen molar-refractivity contribution in [1.29, 1.82) is 0 Å². The van der Waals surface area contributed by atoms with Crippen molar-refractivity contribution < 1.29 is 57.1 Å². The lowest BCUT2D eigenvalue weighted by atomic mass is 9.81. The smallest absolute Gasteiger partial charge is 0.209 e. The predicted octanol–water partition coefficient (Wildman–Crippen LogP) is 10.9. The summed E-state index contributed by atoms with van der Waals surface area (Å²) in [5.41, 5.74) is 22.9. The second-order valence-corrected chi connectivity index (χ2v) is 24.7. The Morgan fingerprint density at radius 2 is 0.864 bits per heavy atom. The maximum atomic E-state index is 7.01. The molecule has 1 fully saturated rings. The second kappa shape index (κ2) is 27.3. The third-order valence-corrected chi connectivity index (χ3v) is 18.6. The molecular weight excluding hydrogens is 1240 g/mol. The highest BCUT2D eigenvalue weighted by Gasteiger charge is 2.44. The Labute approximate surface area is 528 Å². The van der Waals surface area contributed by atoms with Crippen LogP contribution in [0.25, 0.3) is 0 Å². The highest BCUT2D eigenvalue weighted by atomic mass is 127. The minimum absolute atomic E-state index is 0. The number of hydrogen-bond donors (Lipinski definition) is 1. The fourth-order valence-corrected chi connectivity index (χ4v) is 13.9. The molecule has 0 bridgehead atoms. The lowest BCUT2D eigenvalue weighted by Crippen LogP contribution is -3.00. The summed E-state index contributed by atoms with van der Waals surface area (Å²) >= 11 is 7.01. The van der Waals surface area contributed by atoms with Crippen LogP contribution in [0.4, 0.5) is 22.7 Å². The fourth-order valence-electron chi connectivity index (χ4n) is 13.6. The van der Waals surface area contributed by atoms with Crippen LogP contribution in [0.5, 0.6) is 0 Å². The van der Waals surface area contributed by atoms with Gasteiger partial charge in [-0.25, -0.2) is 4.58 Å². The van der Waals surface area contributed by atoms with Gasteiger partial charge < -0.3 is 68.0 Å². The van der Waals surface area contributed by atoms with Gasteiger partial charge in [-0.2, -0.15) is 4.58 Å². The van der Waals surface area contributed by atoms with E-state index >= 15 is 0 Å². The third kappa shape index (κ3) is 12.9. The monoisotopic (exact) mass is 1330 g/mol. The highest BCUT2D eigenvalue weighted by molar-refractivity contribution is 6.32. The van der Waals surface area contributed by atoms with Gasteiger partial charge in [0.25, 0.3) is 0 Å². The van der Waals surface area contributed by atoms with Gasteiger partial charge >= 0.3 is 0 Å². The number of likely N-dealkylation sites (N-methyl/N-ethyl adjacent to an activating group) is 3. The molecule has 0 unspecified atom stereocenters. The second-order valence-electron chi connectivity index (χ2n) is 24.3. The standard InChI is InChI=1S/C36H46N3.C32H36ClN2.C4H11N.2HI/c1-9-39(10-2)34-26(22-24-32-35(3,4)28-18-11-13-20-30(28)37(32)7)16-15-17-27(34)23-25-33-36(5,6)29-19-12-14-21-31(29)38(33)8;1-31(2)24-14-7-9-16-26(24)34(5)28(31)20-18-22-12-11-13-23(30(22)33)19-21-29-32(3,4)25-15-8-10-17-27(25)35(29)6;1-3-5-4-2;;/h11-14,18-25H,9-10,15-17H2,1-8H3;7-10,14-21H,11-13H2,1-6H3;5H,3-4H2,1-2H3;2*1H/q2*+1;;;/p-2. The minimum Gasteiger partial charge on any atom is -1.00 e. The van der Waals surface area contributed by atoms with E-state index in [1.165, 1.54) is 102 Å². The molecule has 1 saturated carbocycles. The Morgan fingerprint density at radius 1 is 0.494 bits per heavy atom. The molecule has 10 rings (SSSR count). The quantitative estimate of drug-likeness (QED) is 0.134. The van der Waals surface area contributed by atoms with Crippen LogP contribution in [0.1, 0.15) is 144 Å². The molecule has 0 aromatic heterocycles. The first-order chi connectivity index (χ1) is 37.7. The van der Waals surface area contributed by atoms with Gasteiger partial charge in [-0.15, -0.1) is 0 Å². The third-order valence-electron chi connectivity index (χ3n) is 18.1. The number of halogens is 3. The van der Waals surface area contributed by atoms with E-state index in [1.54, 1.807) is 0 Å². The van der Waals surface area contributed by atoms with E-state index in [-0.39, 0.29) is 69.6 Å². The van der Waals surface area contributed by atoms with Gasteiger partial charge in [0.2, 0.25) is 11.4 Å². The normalized spacial score (nSPS) is 21.9. The van der Waals surface area contributed by atoms with E-state index in [0.29, 0.717) is 0 Å². The van der Waals surface area contributed by atoms with Crippen molar-refractivity contribution in [3.63, 3.8) is 0 Å². The van der Waals surface area contributed by atoms with Crippen molar-refractivity contribution in [2.75, 3.05) is 69.1 Å². The average molecular weight is 1330 g/mol. The first-order valence-electron chi connectivity index (χ1n) is 29.5. The van der Waals surface area contributed by atoms with Gasteiger partial charge in [0.1, 0.15) is 20.1 Å². The summed E-state index contributed by atoms with van der Waals surface area (Å²) in [6, 6.07) is 35.1. The summed E-state index contributed by atoms with van der Waals surface area (Å²) in [4.78, 5) is 7.08. The van der Waals surface area contributed by atoms with Gasteiger partial charge in [0.05, 0.1) is 5.41 Å². The zero-order valence-corrected chi connectivity index (χ0v) is 56.9. The molecule has 6 nitrogen and oxygen atoms in total. The molecule has 432 valence electrons. The van der Waals surface area contributed by atoms with E-state index in [2.05, 4.69) is 286 Å². The van der Waals surface area contributed by atoms with Gasteiger partial charge in [-0.1, -0.05) is 164 Å². The van der Waals surface area contributed by atoms with E-state index in [0.717, 1.165) is 63.3 Å². The van der Waals surface area contributed by atoms with Crippen molar-refractivity contribution in [2.24, 2.45) is 0 Å². The lowest BCUT2D eigenvalue weighted by Gasteiger charge is -2.25. The fraction of sp³-hybridized carbons (Fsp3) is 0.417. The summed E-state index contributed by atoms with van der Waals surface area (Å²) < 4.78 is 4.88. The van der Waals surface area contributed by atoms with Crippen molar-refractivity contribution in [3.8, 4) is 0 Å². The predicted molar refractivity (Wildman–Crippen MR) is 343 cm³/mol. The average Bonchev–Trinajstić information content (AvgIpc) is 4.20. The maximum Gasteiger partial charge on any atom is 0.209 e. The van der Waals surface area contributed by atoms with Crippen LogP contribution in [-0.2, 0) is 21.7 Å². The Bertz CT molecular complexity index is 3170. The van der Waals surface area contributed by atoms with Crippen molar-refractivity contribution >= 4 is 45.8 Å². The van der Waals surface area contributed by atoms with Gasteiger partial charge in [0, 0.05) is 105 Å². The summed E-state index contributed by atoms with van der Waals surface area (Å²) in [6.45, 7) is 31.6. The van der Waals surface area contributed by atoms with Gasteiger partial charge in [0.15, 0.2) is 5.71 Å². The number of nitrogens with one attached hydrogen (secondary N) is 1. The summed E-state index contributed by atoms with van der Waals surface area (Å²) in [6.07, 6.45) is 25.3. The number of benzene rings is 4. The van der Waals surface area contributed by atoms with Crippen LogP contribution in [0.2, 0.25) is 0 Å². The lowest BCUT2D eigenvalue weighted by molar-refractivity contribution is -0.520. The van der Waals surface area contributed by atoms with Gasteiger partial charge in [-0.3, -0.25) is 0 Å². The Morgan fingerprint density at radius 3 is 1.25 bits per heavy atom. The van der Waals surface area contributed by atoms with Crippen molar-refractivity contribution in [1.82, 2.24) is 5.32 Å². The molecule has 0 atom stereocenters. The summed E-state index contributed by atoms with van der Waals surface area (Å²) in [7, 11) is 8.76. The molecule has 0 amide bonds. The van der Waals surface area contributed by atoms with E-state index in [4.69, 9.17) is 11.6 Å². The molecule has 0 spiro atoms. The van der Waals surface area contributed by atoms with E-state index in [1.807, 2.05) is 0 Å². The van der Waals surface area contributed by atoms with Crippen LogP contribution >= 0.6 is 11.6 Å². The highest BCUT2D eigenvalue weighted by Crippen LogP contribution is 2.50. The SMILES string of the molecule is CCNCC.CC[N+](CC)=C1C(=CC=C2N(C)c3ccccc3C2(C)C)CCC/C1=C\C=C1\N(C)c2ccccc2C1(C)C.CN1/C(=C/C=C2\CCCC(/C=C/C3=[N+](C)c4ccccc4C3(C)C)=C2Cl)C(C)(C)c2ccccc21.[I-].[I-]. The minimum atomic E-state index is -0.0275. The number of fused-ring (bicyclic) bond motifs is 4. The molecule has 4 aliphatic heterocycles. The molecule has 4 aromatic carbocycles. The Balaban J connectivity index is 0.000000236. The van der Waals surface area contributed by atoms with Crippen LogP contribution in [0, 0.1) is 0 Å². The molecule has 6 aliphatic rings. The number of anilines is 3. The van der Waals surface area contributed by atoms with E-state index < -0.39 is 0 Å². The molecule has 0 saturated heterocycles. The zero-order valence-electron chi connectivity index (χ0n) is 51.8. The van der Waals surface area contributed by atoms with Crippen LogP contribution < -0.4 is 68.0 Å². The largest absolute Gasteiger partial charge is 1.00 e. The van der Waals surface area contributed by atoms with Crippen molar-refractivity contribution in [2.45, 2.75) is 143 Å². The molecular formula is C72H93ClI2N6. The van der Waals surface area contributed by atoms with Crippen LogP contribution in [0.15, 0.2) is 190 Å². The Kier molecular flexibility index (Phi) is 22.1. The molecule has 2 aliphatic carbocycles. The number of hydrogen-bond acceptors (Lipinski definition) is 4. The summed E-state index contributed by atoms with van der Waals surface area (Å²) in [5.74, 6) is 0. The summed E-state index contributed by atoms with van der Waals surface area (Å²) in [5, 5.41) is 4.02. The first kappa shape index (κ1) is 65.4. The topological polar surface area (TPSA) is 27.8 Å². The molecule has 4 aromatic rings. The zero-order chi connectivity index (χ0) is 57.0. The number of allylic oxidation sites excluding steroid dienone is 16. The number of rotatable bonds is 9. The van der Waals surface area contributed by atoms with Gasteiger partial charge in [-0.05, 0) is 144 Å². The first-order valence-corrected chi connectivity index (χ1v) is 29.9. The number of nitrogens with zero attached hydrogens (tertiary/aromatic N) is 5. The van der Waals surface area contributed by atoms with Crippen LogP contribution in [-0.4, -0.2) is 74.9 Å². The van der Waals surface area contributed by atoms with E-state index in [9.17, 15) is 0 Å². The van der Waals surface area contributed by atoms with Crippen molar-refractivity contribution in [3.05, 3.63) is 212 Å². The number of para-hydroxylation sites is 4. The van der Waals surface area contributed by atoms with Crippen LogP contribution in [0.3, 0.4) is 0 Å². The molecule has 9 heteroatoms. The molecule has 81 heavy (non-hydrogen) atoms. The molecule has 1 N–H and O–H groups in total.